The number of hydrogen-bond donors (Lipinski definition) is 3. The first-order valence-corrected chi connectivity index (χ1v) is 5.62. The molecule has 0 saturated carbocycles. The van der Waals surface area contributed by atoms with Gasteiger partial charge in [0.15, 0.2) is 0 Å². The molecule has 2 rings (SSSR count). The molecule has 96 valence electrons. The Morgan fingerprint density at radius 2 is 2.17 bits per heavy atom. The third kappa shape index (κ3) is 2.13. The summed E-state index contributed by atoms with van der Waals surface area (Å²) in [6.07, 6.45) is 0.683. The van der Waals surface area contributed by atoms with Crippen molar-refractivity contribution in [3.63, 3.8) is 0 Å². The van der Waals surface area contributed by atoms with Crippen molar-refractivity contribution >= 4 is 12.2 Å². The van der Waals surface area contributed by atoms with Crippen molar-refractivity contribution in [2.75, 3.05) is 13.1 Å². The minimum absolute atomic E-state index is 0.0426. The molecule has 1 aromatic carbocycles. The van der Waals surface area contributed by atoms with Crippen LogP contribution in [0.1, 0.15) is 11.6 Å². The number of hydrogen-bond acceptors (Lipinski definition) is 5. The zero-order valence-corrected chi connectivity index (χ0v) is 9.74. The lowest BCUT2D eigenvalue weighted by Gasteiger charge is -2.11. The van der Waals surface area contributed by atoms with Gasteiger partial charge in [0.1, 0.15) is 12.3 Å². The van der Waals surface area contributed by atoms with E-state index in [4.69, 9.17) is 5.73 Å². The molecule has 0 bridgehead atoms. The highest BCUT2D eigenvalue weighted by Gasteiger charge is 2.63. The number of aldehydes is 1. The molecule has 3 atom stereocenters. The van der Waals surface area contributed by atoms with Crippen molar-refractivity contribution < 1.29 is 14.7 Å². The monoisotopic (exact) mass is 249 g/mol. The molecule has 0 radical (unpaired) electrons. The molecule has 1 unspecified atom stereocenters. The van der Waals surface area contributed by atoms with E-state index in [1.54, 1.807) is 0 Å². The van der Waals surface area contributed by atoms with Crippen molar-refractivity contribution in [2.24, 2.45) is 5.73 Å². The summed E-state index contributed by atoms with van der Waals surface area (Å²) in [6, 6.07) is 8.76. The van der Waals surface area contributed by atoms with E-state index in [2.05, 4.69) is 5.32 Å². The highest BCUT2D eigenvalue weighted by molar-refractivity contribution is 5.79. The van der Waals surface area contributed by atoms with E-state index in [0.29, 0.717) is 6.29 Å². The van der Waals surface area contributed by atoms with Gasteiger partial charge in [-0.25, -0.2) is 4.90 Å². The van der Waals surface area contributed by atoms with Crippen LogP contribution in [0.2, 0.25) is 0 Å². The number of nitrogens with zero attached hydrogens (tertiary/aromatic N) is 1. The molecule has 1 amide bonds. The molecular formula is C12H15N3O3. The Labute approximate surface area is 104 Å². The highest BCUT2D eigenvalue weighted by atomic mass is 16.4. The lowest BCUT2D eigenvalue weighted by molar-refractivity contribution is -0.125. The largest absolute Gasteiger partial charge is 0.357 e. The van der Waals surface area contributed by atoms with Crippen LogP contribution < -0.4 is 11.1 Å². The van der Waals surface area contributed by atoms with Crippen LogP contribution in [-0.4, -0.2) is 41.1 Å². The van der Waals surface area contributed by atoms with Gasteiger partial charge < -0.3 is 21.0 Å². The molecule has 4 N–H and O–H groups in total. The smallest absolute Gasteiger partial charge is 0.237 e. The Morgan fingerprint density at radius 1 is 1.50 bits per heavy atom. The van der Waals surface area contributed by atoms with Crippen LogP contribution in [0, 0.1) is 0 Å². The van der Waals surface area contributed by atoms with E-state index in [1.807, 2.05) is 30.3 Å². The summed E-state index contributed by atoms with van der Waals surface area (Å²) in [6.45, 7) is -0.167. The van der Waals surface area contributed by atoms with Crippen molar-refractivity contribution in [3.05, 3.63) is 35.9 Å². The predicted octanol–water partition coefficient (Wildman–Crippen LogP) is -1.04. The van der Waals surface area contributed by atoms with Crippen molar-refractivity contribution in [3.8, 4) is 0 Å². The van der Waals surface area contributed by atoms with Gasteiger partial charge >= 0.3 is 0 Å². The number of carbonyl (C=O) groups is 2. The van der Waals surface area contributed by atoms with Crippen molar-refractivity contribution in [2.45, 2.75) is 11.9 Å². The van der Waals surface area contributed by atoms with E-state index in [-0.39, 0.29) is 13.1 Å². The molecule has 6 heteroatoms. The Bertz CT molecular complexity index is 451. The second kappa shape index (κ2) is 4.85. The van der Waals surface area contributed by atoms with Crippen LogP contribution in [0.25, 0.3) is 0 Å². The molecule has 18 heavy (non-hydrogen) atoms. The van der Waals surface area contributed by atoms with Crippen molar-refractivity contribution in [1.29, 1.82) is 0 Å². The molecule has 0 spiro atoms. The summed E-state index contributed by atoms with van der Waals surface area (Å²) >= 11 is 0. The fraction of sp³-hybridized carbons (Fsp3) is 0.333. The lowest BCUT2D eigenvalue weighted by Crippen LogP contribution is -2.44. The molecule has 0 aliphatic carbocycles. The van der Waals surface area contributed by atoms with Gasteiger partial charge in [-0.1, -0.05) is 30.3 Å². The zero-order valence-electron chi connectivity index (χ0n) is 9.74. The SMILES string of the molecule is NCC(=O)N[C@@]1(O)C(c2ccccc2)[N@]1CC=O. The number of aliphatic hydroxyl groups is 1. The molecule has 0 aromatic heterocycles. The molecule has 1 aromatic rings. The van der Waals surface area contributed by atoms with Crippen LogP contribution in [0.5, 0.6) is 0 Å². The van der Waals surface area contributed by atoms with Gasteiger partial charge in [-0.05, 0) is 5.56 Å². The minimum atomic E-state index is -1.52. The highest BCUT2D eigenvalue weighted by Crippen LogP contribution is 2.48. The van der Waals surface area contributed by atoms with E-state index in [1.165, 1.54) is 4.90 Å². The molecule has 6 nitrogen and oxygen atoms in total. The Kier molecular flexibility index (Phi) is 3.42. The van der Waals surface area contributed by atoms with E-state index < -0.39 is 17.8 Å². The van der Waals surface area contributed by atoms with Crippen LogP contribution in [-0.2, 0) is 9.59 Å². The van der Waals surface area contributed by atoms with Gasteiger partial charge in [0.25, 0.3) is 0 Å². The topological polar surface area (TPSA) is 95.4 Å². The molecule has 1 heterocycles. The number of nitrogens with two attached hydrogens (primary N) is 1. The molecule has 1 fully saturated rings. The maximum absolute atomic E-state index is 11.3. The number of rotatable bonds is 5. The van der Waals surface area contributed by atoms with Crippen molar-refractivity contribution in [1.82, 2.24) is 10.2 Å². The Morgan fingerprint density at radius 3 is 2.72 bits per heavy atom. The first-order chi connectivity index (χ1) is 8.63. The Balaban J connectivity index is 2.19. The zero-order chi connectivity index (χ0) is 13.2. The summed E-state index contributed by atoms with van der Waals surface area (Å²) in [5, 5.41) is 12.7. The number of carbonyl (C=O) groups excluding carboxylic acids is 2. The van der Waals surface area contributed by atoms with Gasteiger partial charge in [-0.15, -0.1) is 0 Å². The molecule has 1 aliphatic rings. The third-order valence-corrected chi connectivity index (χ3v) is 2.96. The number of amides is 1. The maximum atomic E-state index is 11.3. The quantitative estimate of drug-likeness (QED) is 0.352. The van der Waals surface area contributed by atoms with Crippen LogP contribution in [0.3, 0.4) is 0 Å². The first kappa shape index (κ1) is 12.7. The van der Waals surface area contributed by atoms with Crippen LogP contribution in [0.4, 0.5) is 0 Å². The summed E-state index contributed by atoms with van der Waals surface area (Å²) in [5.74, 6) is -1.98. The molecule has 1 saturated heterocycles. The molecule has 1 aliphatic heterocycles. The van der Waals surface area contributed by atoms with Gasteiger partial charge in [-0.3, -0.25) is 4.79 Å². The van der Waals surface area contributed by atoms with E-state index in [0.717, 1.165) is 5.56 Å². The Hall–Kier alpha value is -1.76. The van der Waals surface area contributed by atoms with Crippen LogP contribution >= 0.6 is 0 Å². The predicted molar refractivity (Wildman–Crippen MR) is 64.1 cm³/mol. The average Bonchev–Trinajstić information content (AvgIpc) is 2.95. The second-order valence-electron chi connectivity index (χ2n) is 4.11. The minimum Gasteiger partial charge on any atom is -0.357 e. The van der Waals surface area contributed by atoms with Gasteiger partial charge in [0, 0.05) is 0 Å². The average molecular weight is 249 g/mol. The van der Waals surface area contributed by atoms with Gasteiger partial charge in [0.05, 0.1) is 13.1 Å². The fourth-order valence-corrected chi connectivity index (χ4v) is 2.10. The lowest BCUT2D eigenvalue weighted by atomic mass is 10.1. The van der Waals surface area contributed by atoms with E-state index >= 15 is 0 Å². The normalized spacial score (nSPS) is 29.7. The fourth-order valence-electron chi connectivity index (χ4n) is 2.10. The summed E-state index contributed by atoms with van der Waals surface area (Å²) < 4.78 is 0. The summed E-state index contributed by atoms with van der Waals surface area (Å²) in [7, 11) is 0. The van der Waals surface area contributed by atoms with Gasteiger partial charge in [0.2, 0.25) is 11.8 Å². The third-order valence-electron chi connectivity index (χ3n) is 2.96. The van der Waals surface area contributed by atoms with Crippen LogP contribution in [0.15, 0.2) is 30.3 Å². The summed E-state index contributed by atoms with van der Waals surface area (Å²) in [5.41, 5.74) is 6.03. The van der Waals surface area contributed by atoms with E-state index in [9.17, 15) is 14.7 Å². The number of nitrogens with one attached hydrogen (secondary N) is 1. The summed E-state index contributed by atoms with van der Waals surface area (Å²) in [4.78, 5) is 23.4. The standard InChI is InChI=1S/C12H15N3O3/c13-8-10(17)14-12(18)11(15(12)6-7-16)9-4-2-1-3-5-9/h1-5,7,11,18H,6,8,13H2,(H,14,17)/t11?,12-,15-/m0/s1. The first-order valence-electron chi connectivity index (χ1n) is 5.62. The number of benzene rings is 1. The van der Waals surface area contributed by atoms with Gasteiger partial charge in [-0.2, -0.15) is 0 Å². The maximum Gasteiger partial charge on any atom is 0.237 e. The second-order valence-corrected chi connectivity index (χ2v) is 4.11. The molecular weight excluding hydrogens is 234 g/mol.